The van der Waals surface area contributed by atoms with Gasteiger partial charge in [0.1, 0.15) is 10.6 Å². The molecule has 2 rings (SSSR count). The van der Waals surface area contributed by atoms with Crippen molar-refractivity contribution in [3.05, 3.63) is 11.5 Å². The second-order valence-electron chi connectivity index (χ2n) is 7.02. The van der Waals surface area contributed by atoms with Gasteiger partial charge < -0.3 is 14.6 Å². The quantitative estimate of drug-likeness (QED) is 0.634. The van der Waals surface area contributed by atoms with Gasteiger partial charge in [-0.3, -0.25) is 4.79 Å². The number of rotatable bonds is 9. The zero-order chi connectivity index (χ0) is 20.0. The summed E-state index contributed by atoms with van der Waals surface area (Å²) in [4.78, 5) is 12.5. The number of nitrogens with one attached hydrogen (secondary N) is 1. The van der Waals surface area contributed by atoms with Gasteiger partial charge in [-0.25, -0.2) is 8.42 Å². The maximum atomic E-state index is 12.9. The molecule has 0 bridgehead atoms. The molecule has 1 N–H and O–H groups in total. The van der Waals surface area contributed by atoms with Gasteiger partial charge in [0.25, 0.3) is 0 Å². The number of carbonyl (C=O) groups excluding carboxylic acids is 1. The molecular weight excluding hydrogens is 370 g/mol. The number of ether oxygens (including phenoxy) is 1. The molecule has 8 nitrogen and oxygen atoms in total. The fourth-order valence-electron chi connectivity index (χ4n) is 3.49. The van der Waals surface area contributed by atoms with E-state index in [-0.39, 0.29) is 22.6 Å². The molecule has 1 aromatic heterocycles. The van der Waals surface area contributed by atoms with Crippen molar-refractivity contribution in [2.45, 2.75) is 51.9 Å². The normalized spacial score (nSPS) is 17.8. The van der Waals surface area contributed by atoms with Gasteiger partial charge in [-0.05, 0) is 46.0 Å². The molecule has 0 radical (unpaired) electrons. The van der Waals surface area contributed by atoms with Crippen LogP contribution in [0.4, 0.5) is 0 Å². The summed E-state index contributed by atoms with van der Waals surface area (Å²) >= 11 is 0. The van der Waals surface area contributed by atoms with Crippen molar-refractivity contribution in [3.63, 3.8) is 0 Å². The topological polar surface area (TPSA) is 102 Å². The number of hydrogen-bond acceptors (Lipinski definition) is 6. The Morgan fingerprint density at radius 2 is 2.04 bits per heavy atom. The summed E-state index contributed by atoms with van der Waals surface area (Å²) in [5, 5.41) is 6.69. The molecule has 1 fully saturated rings. The van der Waals surface area contributed by atoms with Crippen LogP contribution in [0.5, 0.6) is 0 Å². The minimum absolute atomic E-state index is 0.0264. The fraction of sp³-hybridized carbons (Fsp3) is 0.778. The van der Waals surface area contributed by atoms with Crippen molar-refractivity contribution in [2.75, 3.05) is 32.8 Å². The molecule has 1 aromatic rings. The highest BCUT2D eigenvalue weighted by Gasteiger charge is 2.36. The highest BCUT2D eigenvalue weighted by atomic mass is 32.2. The van der Waals surface area contributed by atoms with Crippen LogP contribution in [0.15, 0.2) is 9.42 Å². The van der Waals surface area contributed by atoms with Crippen molar-refractivity contribution in [1.82, 2.24) is 14.8 Å². The minimum Gasteiger partial charge on any atom is -0.382 e. The summed E-state index contributed by atoms with van der Waals surface area (Å²) in [6.45, 7) is 9.83. The Kier molecular flexibility index (Phi) is 7.81. The number of hydrogen-bond donors (Lipinski definition) is 1. The maximum absolute atomic E-state index is 12.9. The smallest absolute Gasteiger partial charge is 0.248 e. The Morgan fingerprint density at radius 1 is 1.37 bits per heavy atom. The largest absolute Gasteiger partial charge is 0.382 e. The summed E-state index contributed by atoms with van der Waals surface area (Å²) in [6, 6.07) is 0. The summed E-state index contributed by atoms with van der Waals surface area (Å²) in [7, 11) is -3.61. The lowest BCUT2D eigenvalue weighted by Gasteiger charge is -2.33. The van der Waals surface area contributed by atoms with Crippen molar-refractivity contribution in [2.24, 2.45) is 11.8 Å². The van der Waals surface area contributed by atoms with Crippen LogP contribution in [-0.4, -0.2) is 56.6 Å². The Bertz CT molecular complexity index is 704. The number of nitrogens with zero attached hydrogens (tertiary/aromatic N) is 2. The van der Waals surface area contributed by atoms with Gasteiger partial charge in [-0.1, -0.05) is 12.1 Å². The highest BCUT2D eigenvalue weighted by molar-refractivity contribution is 7.89. The highest BCUT2D eigenvalue weighted by Crippen LogP contribution is 2.30. The van der Waals surface area contributed by atoms with Crippen LogP contribution in [0.3, 0.4) is 0 Å². The molecule has 1 amide bonds. The van der Waals surface area contributed by atoms with Crippen LogP contribution in [0.1, 0.15) is 44.6 Å². The van der Waals surface area contributed by atoms with Gasteiger partial charge in [0.15, 0.2) is 5.76 Å². The lowest BCUT2D eigenvalue weighted by Crippen LogP contribution is -2.43. The molecule has 9 heteroatoms. The number of amides is 1. The molecule has 0 spiro atoms. The first-order valence-electron chi connectivity index (χ1n) is 9.57. The molecule has 0 aromatic carbocycles. The number of aromatic nitrogens is 1. The molecule has 1 atom stereocenters. The molecule has 0 aliphatic carbocycles. The molecule has 1 aliphatic heterocycles. The standard InChI is InChI=1S/C18H31N3O5S/c1-5-25-12-6-9-19-18(22)13(2)16-7-10-21(11-8-16)27(23,24)17-14(3)20-26-15(17)4/h13,16H,5-12H2,1-4H3,(H,19,22). The second-order valence-corrected chi connectivity index (χ2v) is 8.90. The summed E-state index contributed by atoms with van der Waals surface area (Å²) in [5.74, 6) is 0.377. The molecule has 154 valence electrons. The van der Waals surface area contributed by atoms with Crippen LogP contribution in [0.25, 0.3) is 0 Å². The molecule has 0 saturated carbocycles. The first-order valence-corrected chi connectivity index (χ1v) is 11.0. The van der Waals surface area contributed by atoms with Gasteiger partial charge in [0.2, 0.25) is 15.9 Å². The molecule has 1 aliphatic rings. The summed E-state index contributed by atoms with van der Waals surface area (Å²) in [5.41, 5.74) is 0.384. The second kappa shape index (κ2) is 9.66. The molecule has 27 heavy (non-hydrogen) atoms. The average Bonchev–Trinajstić information content (AvgIpc) is 3.00. The Hall–Kier alpha value is -1.45. The Morgan fingerprint density at radius 3 is 2.59 bits per heavy atom. The fourth-order valence-corrected chi connectivity index (χ4v) is 5.25. The number of piperidine rings is 1. The number of aryl methyl sites for hydroxylation is 2. The van der Waals surface area contributed by atoms with E-state index in [1.54, 1.807) is 13.8 Å². The van der Waals surface area contributed by atoms with Crippen LogP contribution in [0.2, 0.25) is 0 Å². The predicted molar refractivity (Wildman–Crippen MR) is 101 cm³/mol. The van der Waals surface area contributed by atoms with E-state index in [4.69, 9.17) is 9.26 Å². The lowest BCUT2D eigenvalue weighted by atomic mass is 9.85. The van der Waals surface area contributed by atoms with Crippen LogP contribution in [-0.2, 0) is 19.6 Å². The molecular formula is C18H31N3O5S. The molecule has 1 saturated heterocycles. The van der Waals surface area contributed by atoms with Gasteiger partial charge in [0.05, 0.1) is 0 Å². The van der Waals surface area contributed by atoms with E-state index >= 15 is 0 Å². The first-order chi connectivity index (χ1) is 12.8. The third-order valence-corrected chi connectivity index (χ3v) is 7.30. The summed E-state index contributed by atoms with van der Waals surface area (Å²) < 4.78 is 37.5. The minimum atomic E-state index is -3.61. The van der Waals surface area contributed by atoms with Crippen LogP contribution >= 0.6 is 0 Å². The van der Waals surface area contributed by atoms with Gasteiger partial charge >= 0.3 is 0 Å². The van der Waals surface area contributed by atoms with E-state index in [2.05, 4.69) is 10.5 Å². The third kappa shape index (κ3) is 5.30. The van der Waals surface area contributed by atoms with E-state index in [1.165, 1.54) is 4.31 Å². The van der Waals surface area contributed by atoms with Crippen LogP contribution in [0, 0.1) is 25.7 Å². The Labute approximate surface area is 161 Å². The number of sulfonamides is 1. The van der Waals surface area contributed by atoms with Crippen molar-refractivity contribution in [3.8, 4) is 0 Å². The first kappa shape index (κ1) is 21.8. The van der Waals surface area contributed by atoms with Crippen LogP contribution < -0.4 is 5.32 Å². The van der Waals surface area contributed by atoms with Gasteiger partial charge in [0, 0.05) is 38.8 Å². The van der Waals surface area contributed by atoms with E-state index in [1.807, 2.05) is 13.8 Å². The van der Waals surface area contributed by atoms with E-state index < -0.39 is 10.0 Å². The Balaban J connectivity index is 1.86. The van der Waals surface area contributed by atoms with Gasteiger partial charge in [-0.2, -0.15) is 4.31 Å². The lowest BCUT2D eigenvalue weighted by molar-refractivity contribution is -0.126. The monoisotopic (exact) mass is 401 g/mol. The van der Waals surface area contributed by atoms with E-state index in [0.717, 1.165) is 6.42 Å². The zero-order valence-corrected chi connectivity index (χ0v) is 17.5. The van der Waals surface area contributed by atoms with E-state index in [0.29, 0.717) is 57.1 Å². The number of carbonyl (C=O) groups is 1. The van der Waals surface area contributed by atoms with Crippen molar-refractivity contribution in [1.29, 1.82) is 0 Å². The van der Waals surface area contributed by atoms with E-state index in [9.17, 15) is 13.2 Å². The molecule has 2 heterocycles. The summed E-state index contributed by atoms with van der Waals surface area (Å²) in [6.07, 6.45) is 2.12. The van der Waals surface area contributed by atoms with Gasteiger partial charge in [-0.15, -0.1) is 0 Å². The molecule has 1 unspecified atom stereocenters. The van der Waals surface area contributed by atoms with Crippen molar-refractivity contribution >= 4 is 15.9 Å². The third-order valence-electron chi connectivity index (χ3n) is 5.15. The predicted octanol–water partition coefficient (Wildman–Crippen LogP) is 1.87. The average molecular weight is 402 g/mol. The van der Waals surface area contributed by atoms with Crippen molar-refractivity contribution < 1.29 is 22.5 Å². The maximum Gasteiger partial charge on any atom is 0.248 e. The SMILES string of the molecule is CCOCCCNC(=O)C(C)C1CCN(S(=O)(=O)c2c(C)noc2C)CC1. The zero-order valence-electron chi connectivity index (χ0n) is 16.7.